The Morgan fingerprint density at radius 2 is 0.660 bits per heavy atom. The van der Waals surface area contributed by atoms with E-state index in [0.717, 1.165) is 0 Å². The zero-order valence-electron chi connectivity index (χ0n) is 29.6. The number of nitrogens with zero attached hydrogens (tertiary/aromatic N) is 2. The number of fused-ring (bicyclic) bond motifs is 16. The van der Waals surface area contributed by atoms with Gasteiger partial charge in [0.15, 0.2) is 0 Å². The zero-order valence-corrected chi connectivity index (χ0v) is 29.6. The number of rotatable bonds is 2. The summed E-state index contributed by atoms with van der Waals surface area (Å²) in [5.74, 6) is 0. The molecule has 2 heterocycles. The molecule has 2 nitrogen and oxygen atoms in total. The molecule has 248 valence electrons. The van der Waals surface area contributed by atoms with Gasteiger partial charge in [0.1, 0.15) is 0 Å². The highest BCUT2D eigenvalue weighted by Crippen LogP contribution is 2.63. The fourth-order valence-corrected chi connectivity index (χ4v) is 10.2. The summed E-state index contributed by atoms with van der Waals surface area (Å²) in [5.41, 5.74) is 20.3. The second kappa shape index (κ2) is 10.2. The average molecular weight is 675 g/mol. The first kappa shape index (κ1) is 29.0. The maximum Gasteiger partial charge on any atom is 0.0725 e. The van der Waals surface area contributed by atoms with Crippen molar-refractivity contribution >= 4 is 43.6 Å². The summed E-state index contributed by atoms with van der Waals surface area (Å²) < 4.78 is 4.62. The van der Waals surface area contributed by atoms with Crippen LogP contribution in [0.3, 0.4) is 0 Å². The van der Waals surface area contributed by atoms with Gasteiger partial charge < -0.3 is 9.13 Å². The summed E-state index contributed by atoms with van der Waals surface area (Å²) in [6, 6.07) is 64.1. The Balaban J connectivity index is 1.11. The first-order valence-electron chi connectivity index (χ1n) is 18.6. The predicted molar refractivity (Wildman–Crippen MR) is 222 cm³/mol. The topological polar surface area (TPSA) is 9.86 Å². The summed E-state index contributed by atoms with van der Waals surface area (Å²) in [6.07, 6.45) is 0. The molecule has 2 heteroatoms. The SMILES string of the molecule is Cn1c2ccccc2c2cc(-c3ccc4c(c3)C3(c5ccccc5-4)c4ccccc4-c4ccc(-c5ccc6c(c5)c5ccccc5n6C)cc43)ccc21. The molecule has 10 aromatic rings. The van der Waals surface area contributed by atoms with E-state index in [2.05, 4.69) is 193 Å². The number of hydrogen-bond acceptors (Lipinski definition) is 0. The lowest BCUT2D eigenvalue weighted by Gasteiger charge is -2.31. The molecule has 12 rings (SSSR count). The van der Waals surface area contributed by atoms with Crippen LogP contribution < -0.4 is 0 Å². The van der Waals surface area contributed by atoms with Gasteiger partial charge in [-0.15, -0.1) is 0 Å². The lowest BCUT2D eigenvalue weighted by Crippen LogP contribution is -2.26. The lowest BCUT2D eigenvalue weighted by molar-refractivity contribution is 0.794. The van der Waals surface area contributed by atoms with Crippen LogP contribution in [-0.2, 0) is 19.5 Å². The van der Waals surface area contributed by atoms with Crippen molar-refractivity contribution in [3.8, 4) is 44.5 Å². The van der Waals surface area contributed by atoms with Gasteiger partial charge in [0, 0.05) is 57.7 Å². The molecule has 2 aliphatic rings. The minimum Gasteiger partial charge on any atom is -0.344 e. The summed E-state index contributed by atoms with van der Waals surface area (Å²) in [4.78, 5) is 0. The van der Waals surface area contributed by atoms with Crippen molar-refractivity contribution in [2.45, 2.75) is 5.41 Å². The van der Waals surface area contributed by atoms with Crippen LogP contribution >= 0.6 is 0 Å². The van der Waals surface area contributed by atoms with Crippen molar-refractivity contribution in [1.82, 2.24) is 9.13 Å². The molecular formula is C51H34N2. The Bertz CT molecular complexity index is 2990. The molecule has 0 aliphatic heterocycles. The molecule has 0 bridgehead atoms. The molecule has 2 aliphatic carbocycles. The fraction of sp³-hybridized carbons (Fsp3) is 0.0588. The average Bonchev–Trinajstić information content (AvgIpc) is 3.89. The van der Waals surface area contributed by atoms with Crippen LogP contribution in [0.2, 0.25) is 0 Å². The van der Waals surface area contributed by atoms with E-state index in [1.54, 1.807) is 0 Å². The van der Waals surface area contributed by atoms with E-state index in [1.807, 2.05) is 0 Å². The molecule has 0 amide bonds. The second-order valence-corrected chi connectivity index (χ2v) is 15.0. The van der Waals surface area contributed by atoms with Gasteiger partial charge in [-0.3, -0.25) is 0 Å². The first-order chi connectivity index (χ1) is 26.1. The molecule has 0 saturated heterocycles. The van der Waals surface area contributed by atoms with E-state index in [0.29, 0.717) is 0 Å². The van der Waals surface area contributed by atoms with Crippen molar-refractivity contribution in [1.29, 1.82) is 0 Å². The van der Waals surface area contributed by atoms with E-state index < -0.39 is 5.41 Å². The largest absolute Gasteiger partial charge is 0.344 e. The van der Waals surface area contributed by atoms with Crippen LogP contribution in [0.4, 0.5) is 0 Å². The van der Waals surface area contributed by atoms with Crippen molar-refractivity contribution in [3.63, 3.8) is 0 Å². The Kier molecular flexibility index (Phi) is 5.60. The Morgan fingerprint density at radius 1 is 0.302 bits per heavy atom. The van der Waals surface area contributed by atoms with E-state index in [9.17, 15) is 0 Å². The maximum atomic E-state index is 2.50. The van der Waals surface area contributed by atoms with Gasteiger partial charge in [-0.25, -0.2) is 0 Å². The van der Waals surface area contributed by atoms with Gasteiger partial charge in [0.05, 0.1) is 5.41 Å². The third-order valence-electron chi connectivity index (χ3n) is 12.6. The van der Waals surface area contributed by atoms with Crippen LogP contribution in [-0.4, -0.2) is 9.13 Å². The number of benzene rings is 8. The monoisotopic (exact) mass is 674 g/mol. The van der Waals surface area contributed by atoms with Crippen molar-refractivity contribution in [2.75, 3.05) is 0 Å². The molecule has 0 fully saturated rings. The van der Waals surface area contributed by atoms with Gasteiger partial charge >= 0.3 is 0 Å². The first-order valence-corrected chi connectivity index (χ1v) is 18.6. The molecular weight excluding hydrogens is 641 g/mol. The highest BCUT2D eigenvalue weighted by atomic mass is 14.9. The molecule has 0 atom stereocenters. The molecule has 0 unspecified atom stereocenters. The quantitative estimate of drug-likeness (QED) is 0.173. The van der Waals surface area contributed by atoms with Crippen molar-refractivity contribution in [3.05, 3.63) is 192 Å². The molecule has 0 saturated carbocycles. The highest BCUT2D eigenvalue weighted by molar-refractivity contribution is 6.10. The predicted octanol–water partition coefficient (Wildman–Crippen LogP) is 12.7. The Labute approximate surface area is 307 Å². The highest BCUT2D eigenvalue weighted by Gasteiger charge is 2.51. The molecule has 1 spiro atoms. The standard InChI is InChI=1S/C51H34N2/c1-52-47-17-9-5-13-39(47)41-27-31(21-25-49(41)52)33-19-23-37-35-11-3-7-15-43(35)51(45(37)29-33)44-16-8-4-12-36(44)38-24-20-34(30-46(38)51)32-22-26-50-42(28-32)40-14-6-10-18-48(40)53(50)2/h3-30H,1-2H3. The number of aromatic nitrogens is 2. The van der Waals surface area contributed by atoms with Gasteiger partial charge in [-0.05, 0) is 115 Å². The number of hydrogen-bond donors (Lipinski definition) is 0. The third kappa shape index (κ3) is 3.63. The minimum atomic E-state index is -0.434. The molecule has 53 heavy (non-hydrogen) atoms. The van der Waals surface area contributed by atoms with Gasteiger partial charge in [0.25, 0.3) is 0 Å². The Hall–Kier alpha value is -6.64. The molecule has 0 N–H and O–H groups in total. The number of aryl methyl sites for hydroxylation is 2. The zero-order chi connectivity index (χ0) is 35.0. The maximum absolute atomic E-state index is 2.50. The minimum absolute atomic E-state index is 0.434. The summed E-state index contributed by atoms with van der Waals surface area (Å²) in [7, 11) is 4.34. The normalized spacial score (nSPS) is 13.6. The van der Waals surface area contributed by atoms with Crippen molar-refractivity contribution in [2.24, 2.45) is 14.1 Å². The van der Waals surface area contributed by atoms with Gasteiger partial charge in [-0.2, -0.15) is 0 Å². The fourth-order valence-electron chi connectivity index (χ4n) is 10.2. The molecule has 8 aromatic carbocycles. The van der Waals surface area contributed by atoms with Crippen LogP contribution in [0.1, 0.15) is 22.3 Å². The second-order valence-electron chi connectivity index (χ2n) is 15.0. The molecule has 0 radical (unpaired) electrons. The molecule has 2 aromatic heterocycles. The smallest absolute Gasteiger partial charge is 0.0725 e. The van der Waals surface area contributed by atoms with Crippen LogP contribution in [0.5, 0.6) is 0 Å². The summed E-state index contributed by atoms with van der Waals surface area (Å²) >= 11 is 0. The van der Waals surface area contributed by atoms with E-state index in [4.69, 9.17) is 0 Å². The Morgan fingerprint density at radius 3 is 1.15 bits per heavy atom. The van der Waals surface area contributed by atoms with E-state index in [1.165, 1.54) is 110 Å². The van der Waals surface area contributed by atoms with Crippen LogP contribution in [0.15, 0.2) is 170 Å². The summed E-state index contributed by atoms with van der Waals surface area (Å²) in [6.45, 7) is 0. The van der Waals surface area contributed by atoms with E-state index >= 15 is 0 Å². The van der Waals surface area contributed by atoms with Crippen LogP contribution in [0.25, 0.3) is 88.1 Å². The lowest BCUT2D eigenvalue weighted by atomic mass is 9.70. The van der Waals surface area contributed by atoms with Gasteiger partial charge in [0.2, 0.25) is 0 Å². The van der Waals surface area contributed by atoms with Gasteiger partial charge in [-0.1, -0.05) is 121 Å². The van der Waals surface area contributed by atoms with Crippen molar-refractivity contribution < 1.29 is 0 Å². The number of para-hydroxylation sites is 2. The van der Waals surface area contributed by atoms with Crippen LogP contribution in [0, 0.1) is 0 Å². The third-order valence-corrected chi connectivity index (χ3v) is 12.6. The van der Waals surface area contributed by atoms with E-state index in [-0.39, 0.29) is 0 Å². The summed E-state index contributed by atoms with van der Waals surface area (Å²) in [5, 5.41) is 5.18.